The Morgan fingerprint density at radius 3 is 2.47 bits per heavy atom. The summed E-state index contributed by atoms with van der Waals surface area (Å²) in [4.78, 5) is 0. The van der Waals surface area contributed by atoms with Crippen molar-refractivity contribution in [2.75, 3.05) is 6.67 Å². The molecule has 2 rings (SSSR count). The minimum atomic E-state index is 0.514. The van der Waals surface area contributed by atoms with Crippen molar-refractivity contribution < 1.29 is 0 Å². The van der Waals surface area contributed by atoms with E-state index in [9.17, 15) is 0 Å². The minimum absolute atomic E-state index is 0.514. The van der Waals surface area contributed by atoms with Crippen LogP contribution in [0.2, 0.25) is 0 Å². The van der Waals surface area contributed by atoms with Crippen molar-refractivity contribution in [3.63, 3.8) is 0 Å². The molecule has 78 valence electrons. The second kappa shape index (κ2) is 4.80. The van der Waals surface area contributed by atoms with Crippen molar-refractivity contribution in [1.82, 2.24) is 5.32 Å². The van der Waals surface area contributed by atoms with Crippen LogP contribution in [0.5, 0.6) is 0 Å². The van der Waals surface area contributed by atoms with E-state index >= 15 is 0 Å². The van der Waals surface area contributed by atoms with Crippen molar-refractivity contribution in [2.45, 2.75) is 12.8 Å². The van der Waals surface area contributed by atoms with E-state index in [2.05, 4.69) is 41.7 Å². The molecule has 0 saturated heterocycles. The fourth-order valence-electron chi connectivity index (χ4n) is 1.81. The zero-order valence-electron chi connectivity index (χ0n) is 8.74. The van der Waals surface area contributed by atoms with Crippen molar-refractivity contribution in [2.24, 2.45) is 5.73 Å². The fraction of sp³-hybridized carbons (Fsp3) is 0.231. The van der Waals surface area contributed by atoms with Gasteiger partial charge in [-0.1, -0.05) is 36.4 Å². The molecule has 2 heteroatoms. The van der Waals surface area contributed by atoms with Gasteiger partial charge < -0.3 is 11.1 Å². The molecule has 1 aliphatic carbocycles. The summed E-state index contributed by atoms with van der Waals surface area (Å²) in [6.07, 6.45) is 6.44. The van der Waals surface area contributed by atoms with Crippen molar-refractivity contribution in [1.29, 1.82) is 0 Å². The van der Waals surface area contributed by atoms with Crippen LogP contribution in [-0.4, -0.2) is 6.67 Å². The number of rotatable bonds is 3. The number of hydrogen-bond acceptors (Lipinski definition) is 2. The highest BCUT2D eigenvalue weighted by molar-refractivity contribution is 5.68. The van der Waals surface area contributed by atoms with Crippen LogP contribution in [0.3, 0.4) is 0 Å². The second-order valence-electron chi connectivity index (χ2n) is 3.63. The highest BCUT2D eigenvalue weighted by atomic mass is 15.0. The topological polar surface area (TPSA) is 38.0 Å². The van der Waals surface area contributed by atoms with Crippen LogP contribution in [0, 0.1) is 0 Å². The Morgan fingerprint density at radius 1 is 1.07 bits per heavy atom. The molecule has 0 unspecified atom stereocenters. The van der Waals surface area contributed by atoms with E-state index in [1.807, 2.05) is 6.07 Å². The van der Waals surface area contributed by atoms with Gasteiger partial charge in [0.25, 0.3) is 0 Å². The summed E-state index contributed by atoms with van der Waals surface area (Å²) in [6.45, 7) is 0.514. The van der Waals surface area contributed by atoms with E-state index < -0.39 is 0 Å². The lowest BCUT2D eigenvalue weighted by molar-refractivity contribution is 0.763. The van der Waals surface area contributed by atoms with Crippen molar-refractivity contribution in [3.05, 3.63) is 53.7 Å². The van der Waals surface area contributed by atoms with Gasteiger partial charge in [0.15, 0.2) is 0 Å². The maximum Gasteiger partial charge on any atom is 0.0625 e. The van der Waals surface area contributed by atoms with Gasteiger partial charge in [0, 0.05) is 5.70 Å². The SMILES string of the molecule is NCNC1=CC=C(c2ccccc2)CC1. The molecular weight excluding hydrogens is 184 g/mol. The first kappa shape index (κ1) is 9.99. The minimum Gasteiger partial charge on any atom is -0.376 e. The molecule has 2 nitrogen and oxygen atoms in total. The quantitative estimate of drug-likeness (QED) is 0.734. The third-order valence-electron chi connectivity index (χ3n) is 2.62. The van der Waals surface area contributed by atoms with Crippen LogP contribution in [0.15, 0.2) is 48.2 Å². The molecule has 0 fully saturated rings. The maximum absolute atomic E-state index is 5.43. The Hall–Kier alpha value is -1.54. The standard InChI is InChI=1S/C13H16N2/c14-10-15-13-8-6-12(7-9-13)11-4-2-1-3-5-11/h1-6,8,15H,7,9-10,14H2. The normalized spacial score (nSPS) is 15.5. The molecule has 0 bridgehead atoms. The van der Waals surface area contributed by atoms with Crippen LogP contribution in [-0.2, 0) is 0 Å². The van der Waals surface area contributed by atoms with Crippen molar-refractivity contribution in [3.8, 4) is 0 Å². The van der Waals surface area contributed by atoms with Gasteiger partial charge in [0.1, 0.15) is 0 Å². The second-order valence-corrected chi connectivity index (χ2v) is 3.63. The average molecular weight is 200 g/mol. The molecule has 0 amide bonds. The lowest BCUT2D eigenvalue weighted by Crippen LogP contribution is -2.22. The summed E-state index contributed by atoms with van der Waals surface area (Å²) < 4.78 is 0. The van der Waals surface area contributed by atoms with E-state index in [1.54, 1.807) is 0 Å². The number of nitrogens with one attached hydrogen (secondary N) is 1. The van der Waals surface area contributed by atoms with Crippen molar-refractivity contribution >= 4 is 5.57 Å². The smallest absolute Gasteiger partial charge is 0.0625 e. The number of allylic oxidation sites excluding steroid dienone is 4. The summed E-state index contributed by atoms with van der Waals surface area (Å²) in [5.74, 6) is 0. The van der Waals surface area contributed by atoms with Crippen LogP contribution in [0.4, 0.5) is 0 Å². The van der Waals surface area contributed by atoms with E-state index in [-0.39, 0.29) is 0 Å². The lowest BCUT2D eigenvalue weighted by atomic mass is 9.96. The number of hydrogen-bond donors (Lipinski definition) is 2. The summed E-state index contributed by atoms with van der Waals surface area (Å²) >= 11 is 0. The van der Waals surface area contributed by atoms with Crippen LogP contribution in [0.25, 0.3) is 5.57 Å². The predicted octanol–water partition coefficient (Wildman–Crippen LogP) is 2.25. The molecule has 0 saturated carbocycles. The molecule has 0 aromatic heterocycles. The van der Waals surface area contributed by atoms with Gasteiger partial charge in [-0.15, -0.1) is 0 Å². The van der Waals surface area contributed by atoms with Gasteiger partial charge in [0.2, 0.25) is 0 Å². The third-order valence-corrected chi connectivity index (χ3v) is 2.62. The van der Waals surface area contributed by atoms with E-state index in [0.717, 1.165) is 12.8 Å². The number of benzene rings is 1. The van der Waals surface area contributed by atoms with Gasteiger partial charge in [0.05, 0.1) is 6.67 Å². The number of nitrogens with two attached hydrogens (primary N) is 1. The largest absolute Gasteiger partial charge is 0.376 e. The van der Waals surface area contributed by atoms with Gasteiger partial charge >= 0.3 is 0 Å². The Labute approximate surface area is 90.5 Å². The Kier molecular flexibility index (Phi) is 3.20. The molecule has 0 aliphatic heterocycles. The van der Waals surface area contributed by atoms with E-state index in [0.29, 0.717) is 6.67 Å². The lowest BCUT2D eigenvalue weighted by Gasteiger charge is -2.15. The summed E-state index contributed by atoms with van der Waals surface area (Å²) in [5, 5.41) is 3.15. The summed E-state index contributed by atoms with van der Waals surface area (Å²) in [7, 11) is 0. The Morgan fingerprint density at radius 2 is 1.87 bits per heavy atom. The Balaban J connectivity index is 2.14. The molecule has 3 N–H and O–H groups in total. The molecule has 0 heterocycles. The molecule has 0 spiro atoms. The Bertz CT molecular complexity index is 377. The van der Waals surface area contributed by atoms with Crippen LogP contribution < -0.4 is 11.1 Å². The average Bonchev–Trinajstić information content (AvgIpc) is 2.32. The van der Waals surface area contributed by atoms with E-state index in [4.69, 9.17) is 5.73 Å². The first-order valence-corrected chi connectivity index (χ1v) is 5.29. The highest BCUT2D eigenvalue weighted by Crippen LogP contribution is 2.25. The monoisotopic (exact) mass is 200 g/mol. The molecule has 1 aliphatic rings. The summed E-state index contributed by atoms with van der Waals surface area (Å²) in [6, 6.07) is 10.5. The first-order chi connectivity index (χ1) is 7.40. The van der Waals surface area contributed by atoms with Gasteiger partial charge in [-0.25, -0.2) is 0 Å². The predicted molar refractivity (Wildman–Crippen MR) is 63.9 cm³/mol. The molecule has 0 radical (unpaired) electrons. The zero-order valence-corrected chi connectivity index (χ0v) is 8.74. The molecule has 1 aromatic rings. The zero-order chi connectivity index (χ0) is 10.5. The van der Waals surface area contributed by atoms with Crippen LogP contribution in [0.1, 0.15) is 18.4 Å². The first-order valence-electron chi connectivity index (χ1n) is 5.29. The molecule has 1 aromatic carbocycles. The molecule has 15 heavy (non-hydrogen) atoms. The van der Waals surface area contributed by atoms with Gasteiger partial charge in [-0.2, -0.15) is 0 Å². The summed E-state index contributed by atoms with van der Waals surface area (Å²) in [5.41, 5.74) is 9.39. The van der Waals surface area contributed by atoms with E-state index in [1.165, 1.54) is 16.8 Å². The molecule has 0 atom stereocenters. The van der Waals surface area contributed by atoms with Crippen LogP contribution >= 0.6 is 0 Å². The highest BCUT2D eigenvalue weighted by Gasteiger charge is 2.06. The maximum atomic E-state index is 5.43. The third kappa shape index (κ3) is 2.48. The fourth-order valence-corrected chi connectivity index (χ4v) is 1.81. The van der Waals surface area contributed by atoms with Gasteiger partial charge in [-0.3, -0.25) is 0 Å². The molecular formula is C13H16N2. The van der Waals surface area contributed by atoms with Gasteiger partial charge in [-0.05, 0) is 30.1 Å².